The molecule has 58 valence electrons. The SMILES string of the molecule is COCC(=O)c1ccncc1. The van der Waals surface area contributed by atoms with Crippen LogP contribution in [0.3, 0.4) is 0 Å². The molecule has 0 radical (unpaired) electrons. The fraction of sp³-hybridized carbons (Fsp3) is 0.250. The van der Waals surface area contributed by atoms with Crippen LogP contribution in [0.15, 0.2) is 24.5 Å². The molecule has 11 heavy (non-hydrogen) atoms. The van der Waals surface area contributed by atoms with Crippen LogP contribution in [0.2, 0.25) is 0 Å². The van der Waals surface area contributed by atoms with Crippen molar-refractivity contribution in [1.82, 2.24) is 4.98 Å². The van der Waals surface area contributed by atoms with E-state index in [1.54, 1.807) is 24.5 Å². The van der Waals surface area contributed by atoms with Crippen molar-refractivity contribution < 1.29 is 9.53 Å². The fourth-order valence-electron chi connectivity index (χ4n) is 0.752. The van der Waals surface area contributed by atoms with E-state index in [4.69, 9.17) is 0 Å². The standard InChI is InChI=1S/C8H9NO2/c1-11-6-8(10)7-2-4-9-5-3-7/h2-5H,6H2,1H3. The van der Waals surface area contributed by atoms with Crippen LogP contribution in [0.4, 0.5) is 0 Å². The molecule has 1 heterocycles. The van der Waals surface area contributed by atoms with Gasteiger partial charge >= 0.3 is 0 Å². The number of pyridine rings is 1. The number of hydrogen-bond acceptors (Lipinski definition) is 3. The first kappa shape index (κ1) is 7.88. The van der Waals surface area contributed by atoms with E-state index >= 15 is 0 Å². The third kappa shape index (κ3) is 2.13. The Labute approximate surface area is 65.0 Å². The summed E-state index contributed by atoms with van der Waals surface area (Å²) in [5.41, 5.74) is 0.641. The first-order chi connectivity index (χ1) is 5.34. The number of hydrogen-bond donors (Lipinski definition) is 0. The quantitative estimate of drug-likeness (QED) is 0.603. The Morgan fingerprint density at radius 3 is 2.73 bits per heavy atom. The first-order valence-corrected chi connectivity index (χ1v) is 3.27. The molecule has 3 nitrogen and oxygen atoms in total. The summed E-state index contributed by atoms with van der Waals surface area (Å²) in [6, 6.07) is 3.34. The Morgan fingerprint density at radius 1 is 1.55 bits per heavy atom. The number of ether oxygens (including phenoxy) is 1. The number of rotatable bonds is 3. The summed E-state index contributed by atoms with van der Waals surface area (Å²) in [5, 5.41) is 0. The zero-order chi connectivity index (χ0) is 8.10. The summed E-state index contributed by atoms with van der Waals surface area (Å²) in [5.74, 6) is -0.0186. The summed E-state index contributed by atoms with van der Waals surface area (Å²) in [6.07, 6.45) is 3.17. The second-order valence-corrected chi connectivity index (χ2v) is 2.09. The van der Waals surface area contributed by atoms with Crippen LogP contribution in [0.25, 0.3) is 0 Å². The van der Waals surface area contributed by atoms with Crippen molar-refractivity contribution in [2.75, 3.05) is 13.7 Å². The van der Waals surface area contributed by atoms with Crippen molar-refractivity contribution >= 4 is 5.78 Å². The highest BCUT2D eigenvalue weighted by molar-refractivity contribution is 5.96. The summed E-state index contributed by atoms with van der Waals surface area (Å²) >= 11 is 0. The summed E-state index contributed by atoms with van der Waals surface area (Å²) in [6.45, 7) is 0.129. The van der Waals surface area contributed by atoms with Gasteiger partial charge in [-0.15, -0.1) is 0 Å². The summed E-state index contributed by atoms with van der Waals surface area (Å²) in [4.78, 5) is 14.9. The second kappa shape index (κ2) is 3.83. The van der Waals surface area contributed by atoms with Crippen LogP contribution < -0.4 is 0 Å². The van der Waals surface area contributed by atoms with Crippen molar-refractivity contribution in [2.45, 2.75) is 0 Å². The molecule has 0 aliphatic rings. The minimum atomic E-state index is -0.0186. The molecule has 0 N–H and O–H groups in total. The third-order valence-electron chi connectivity index (χ3n) is 1.28. The van der Waals surface area contributed by atoms with Crippen LogP contribution in [0.5, 0.6) is 0 Å². The van der Waals surface area contributed by atoms with E-state index in [1.165, 1.54) is 7.11 Å². The van der Waals surface area contributed by atoms with E-state index in [2.05, 4.69) is 9.72 Å². The predicted molar refractivity (Wildman–Crippen MR) is 40.4 cm³/mol. The molecule has 0 aliphatic carbocycles. The molecule has 1 aromatic rings. The van der Waals surface area contributed by atoms with Gasteiger partial charge in [-0.05, 0) is 12.1 Å². The molecule has 1 rings (SSSR count). The molecule has 3 heteroatoms. The van der Waals surface area contributed by atoms with Gasteiger partial charge in [0.2, 0.25) is 0 Å². The van der Waals surface area contributed by atoms with Gasteiger partial charge in [0.05, 0.1) is 0 Å². The Kier molecular flexibility index (Phi) is 2.74. The van der Waals surface area contributed by atoms with Gasteiger partial charge < -0.3 is 4.74 Å². The van der Waals surface area contributed by atoms with Gasteiger partial charge in [0.15, 0.2) is 5.78 Å². The van der Waals surface area contributed by atoms with Crippen LogP contribution in [-0.4, -0.2) is 24.5 Å². The molecule has 0 amide bonds. The van der Waals surface area contributed by atoms with E-state index < -0.39 is 0 Å². The molecule has 0 saturated heterocycles. The lowest BCUT2D eigenvalue weighted by Crippen LogP contribution is -2.06. The molecule has 0 aliphatic heterocycles. The molecule has 0 bridgehead atoms. The largest absolute Gasteiger partial charge is 0.377 e. The zero-order valence-corrected chi connectivity index (χ0v) is 6.28. The molecule has 0 fully saturated rings. The normalized spacial score (nSPS) is 9.55. The minimum absolute atomic E-state index is 0.0186. The van der Waals surface area contributed by atoms with E-state index in [1.807, 2.05) is 0 Å². The lowest BCUT2D eigenvalue weighted by Gasteiger charge is -1.96. The summed E-state index contributed by atoms with van der Waals surface area (Å²) in [7, 11) is 1.50. The van der Waals surface area contributed by atoms with E-state index in [9.17, 15) is 4.79 Å². The number of carbonyl (C=O) groups excluding carboxylic acids is 1. The monoisotopic (exact) mass is 151 g/mol. The molecule has 1 aromatic heterocycles. The fourth-order valence-corrected chi connectivity index (χ4v) is 0.752. The third-order valence-corrected chi connectivity index (χ3v) is 1.28. The Balaban J connectivity index is 2.69. The maximum absolute atomic E-state index is 11.1. The predicted octanol–water partition coefficient (Wildman–Crippen LogP) is 0.911. The van der Waals surface area contributed by atoms with Gasteiger partial charge in [0, 0.05) is 25.1 Å². The molecule has 0 spiro atoms. The number of aromatic nitrogens is 1. The Hall–Kier alpha value is -1.22. The minimum Gasteiger partial charge on any atom is -0.377 e. The molecule has 0 aromatic carbocycles. The number of methoxy groups -OCH3 is 1. The second-order valence-electron chi connectivity index (χ2n) is 2.09. The van der Waals surface area contributed by atoms with Gasteiger partial charge in [-0.25, -0.2) is 0 Å². The van der Waals surface area contributed by atoms with Crippen molar-refractivity contribution in [2.24, 2.45) is 0 Å². The van der Waals surface area contributed by atoms with E-state index in [0.29, 0.717) is 5.56 Å². The van der Waals surface area contributed by atoms with Crippen molar-refractivity contribution in [3.8, 4) is 0 Å². The Morgan fingerprint density at radius 2 is 2.18 bits per heavy atom. The van der Waals surface area contributed by atoms with Crippen molar-refractivity contribution in [3.05, 3.63) is 30.1 Å². The lowest BCUT2D eigenvalue weighted by molar-refractivity contribution is 0.0848. The molecule has 0 atom stereocenters. The molecule has 0 saturated carbocycles. The maximum atomic E-state index is 11.1. The maximum Gasteiger partial charge on any atom is 0.188 e. The highest BCUT2D eigenvalue weighted by Gasteiger charge is 2.02. The van der Waals surface area contributed by atoms with Crippen molar-refractivity contribution in [3.63, 3.8) is 0 Å². The lowest BCUT2D eigenvalue weighted by atomic mass is 10.2. The van der Waals surface area contributed by atoms with Crippen molar-refractivity contribution in [1.29, 1.82) is 0 Å². The summed E-state index contributed by atoms with van der Waals surface area (Å²) < 4.78 is 4.69. The van der Waals surface area contributed by atoms with Gasteiger partial charge in [-0.3, -0.25) is 9.78 Å². The first-order valence-electron chi connectivity index (χ1n) is 3.27. The molecule has 0 unspecified atom stereocenters. The number of nitrogens with zero attached hydrogens (tertiary/aromatic N) is 1. The topological polar surface area (TPSA) is 39.2 Å². The van der Waals surface area contributed by atoms with Crippen LogP contribution >= 0.6 is 0 Å². The highest BCUT2D eigenvalue weighted by Crippen LogP contribution is 1.97. The van der Waals surface area contributed by atoms with E-state index in [0.717, 1.165) is 0 Å². The van der Waals surface area contributed by atoms with Gasteiger partial charge in [-0.1, -0.05) is 0 Å². The van der Waals surface area contributed by atoms with Crippen LogP contribution in [-0.2, 0) is 4.74 Å². The highest BCUT2D eigenvalue weighted by atomic mass is 16.5. The number of ketones is 1. The average Bonchev–Trinajstić information content (AvgIpc) is 2.07. The molecular formula is C8H9NO2. The smallest absolute Gasteiger partial charge is 0.188 e. The van der Waals surface area contributed by atoms with E-state index in [-0.39, 0.29) is 12.4 Å². The van der Waals surface area contributed by atoms with Gasteiger partial charge in [0.25, 0.3) is 0 Å². The average molecular weight is 151 g/mol. The molecular weight excluding hydrogens is 142 g/mol. The van der Waals surface area contributed by atoms with Crippen LogP contribution in [0.1, 0.15) is 10.4 Å². The number of Topliss-reactive ketones (excluding diaryl/α,β-unsaturated/α-hetero) is 1. The Bertz CT molecular complexity index is 233. The van der Waals surface area contributed by atoms with Gasteiger partial charge in [0.1, 0.15) is 6.61 Å². The van der Waals surface area contributed by atoms with Gasteiger partial charge in [-0.2, -0.15) is 0 Å². The van der Waals surface area contributed by atoms with Crippen LogP contribution in [0, 0.1) is 0 Å². The zero-order valence-electron chi connectivity index (χ0n) is 6.28. The number of carbonyl (C=O) groups is 1.